The molecule has 0 spiro atoms. The summed E-state index contributed by atoms with van der Waals surface area (Å²) in [5.74, 6) is 2.71. The molecule has 1 aromatic heterocycles. The van der Waals surface area contributed by atoms with E-state index in [0.29, 0.717) is 6.79 Å². The molecule has 24 heavy (non-hydrogen) atoms. The van der Waals surface area contributed by atoms with Crippen LogP contribution in [0.3, 0.4) is 0 Å². The second-order valence-electron chi connectivity index (χ2n) is 5.64. The van der Waals surface area contributed by atoms with Crippen LogP contribution in [0.15, 0.2) is 46.9 Å². The van der Waals surface area contributed by atoms with Gasteiger partial charge in [-0.05, 0) is 23.8 Å². The second kappa shape index (κ2) is 7.16. The highest BCUT2D eigenvalue weighted by Gasteiger charge is 2.14. The van der Waals surface area contributed by atoms with Gasteiger partial charge in [0.15, 0.2) is 11.5 Å². The number of hydrogen-bond acceptors (Lipinski definition) is 4. The summed E-state index contributed by atoms with van der Waals surface area (Å²) < 4.78 is 16.7. The first-order valence-electron chi connectivity index (χ1n) is 7.93. The van der Waals surface area contributed by atoms with Crippen molar-refractivity contribution in [2.75, 3.05) is 6.79 Å². The van der Waals surface area contributed by atoms with Gasteiger partial charge >= 0.3 is 0 Å². The third-order valence-corrected chi connectivity index (χ3v) is 4.17. The summed E-state index contributed by atoms with van der Waals surface area (Å²) >= 11 is 0. The number of halogens is 1. The monoisotopic (exact) mass is 345 g/mol. The van der Waals surface area contributed by atoms with Gasteiger partial charge in [-0.15, -0.1) is 12.4 Å². The molecule has 0 radical (unpaired) electrons. The largest absolute Gasteiger partial charge is 0.461 e. The van der Waals surface area contributed by atoms with E-state index in [4.69, 9.17) is 13.9 Å². The van der Waals surface area contributed by atoms with E-state index in [-0.39, 0.29) is 12.4 Å². The molecule has 3 aromatic rings. The molecule has 4 rings (SSSR count). The summed E-state index contributed by atoms with van der Waals surface area (Å²) in [4.78, 5) is 0. The lowest BCUT2D eigenvalue weighted by Gasteiger charge is -2.06. The van der Waals surface area contributed by atoms with E-state index in [2.05, 4.69) is 30.4 Å². The van der Waals surface area contributed by atoms with Crippen LogP contribution in [0.5, 0.6) is 11.5 Å². The van der Waals surface area contributed by atoms with E-state index in [0.717, 1.165) is 42.4 Å². The van der Waals surface area contributed by atoms with Crippen LogP contribution in [0, 0.1) is 0 Å². The molecule has 1 aliphatic rings. The Balaban J connectivity index is 0.00000169. The van der Waals surface area contributed by atoms with E-state index in [1.807, 2.05) is 24.3 Å². The molecular weight excluding hydrogens is 326 g/mol. The first-order chi connectivity index (χ1) is 11.3. The molecule has 5 heteroatoms. The van der Waals surface area contributed by atoms with Gasteiger partial charge in [-0.25, -0.2) is 0 Å². The van der Waals surface area contributed by atoms with E-state index >= 15 is 0 Å². The van der Waals surface area contributed by atoms with Crippen molar-refractivity contribution in [3.8, 4) is 11.5 Å². The van der Waals surface area contributed by atoms with E-state index < -0.39 is 0 Å². The highest BCUT2D eigenvalue weighted by atomic mass is 35.5. The molecule has 126 valence electrons. The van der Waals surface area contributed by atoms with Gasteiger partial charge in [-0.3, -0.25) is 0 Å². The quantitative estimate of drug-likeness (QED) is 0.742. The maximum atomic E-state index is 5.94. The van der Waals surface area contributed by atoms with Crippen LogP contribution < -0.4 is 14.8 Å². The van der Waals surface area contributed by atoms with E-state index in [1.54, 1.807) is 0 Å². The van der Waals surface area contributed by atoms with Crippen LogP contribution in [0.2, 0.25) is 0 Å². The van der Waals surface area contributed by atoms with Crippen LogP contribution in [0.1, 0.15) is 23.8 Å². The Morgan fingerprint density at radius 1 is 1.00 bits per heavy atom. The fourth-order valence-electron chi connectivity index (χ4n) is 3.01. The summed E-state index contributed by atoms with van der Waals surface area (Å²) in [5.41, 5.74) is 3.40. The molecule has 0 bridgehead atoms. The molecule has 0 aliphatic carbocycles. The Morgan fingerprint density at radius 2 is 1.83 bits per heavy atom. The minimum atomic E-state index is 0. The molecule has 1 aliphatic heterocycles. The van der Waals surface area contributed by atoms with Crippen molar-refractivity contribution >= 4 is 23.4 Å². The summed E-state index contributed by atoms with van der Waals surface area (Å²) in [6, 6.07) is 14.3. The number of para-hydroxylation sites is 1. The molecule has 0 saturated carbocycles. The third kappa shape index (κ3) is 3.07. The Labute approximate surface area is 147 Å². The van der Waals surface area contributed by atoms with Crippen molar-refractivity contribution in [3.63, 3.8) is 0 Å². The van der Waals surface area contributed by atoms with Crippen LogP contribution in [0.4, 0.5) is 0 Å². The maximum Gasteiger partial charge on any atom is 0.231 e. The first-order valence-corrected chi connectivity index (χ1v) is 7.93. The van der Waals surface area contributed by atoms with Gasteiger partial charge in [0, 0.05) is 30.5 Å². The highest BCUT2D eigenvalue weighted by Crippen LogP contribution is 2.32. The van der Waals surface area contributed by atoms with Crippen molar-refractivity contribution in [2.45, 2.75) is 26.4 Å². The smallest absolute Gasteiger partial charge is 0.231 e. The lowest BCUT2D eigenvalue weighted by Crippen LogP contribution is -2.13. The standard InChI is InChI=1S/C19H19NO3.ClH/c1-2-16-15(14-5-3-4-6-17(14)23-16)11-20-10-13-7-8-18-19(9-13)22-12-21-18;/h3-9,20H,2,10-12H2,1H3;1H. The van der Waals surface area contributed by atoms with Crippen LogP contribution in [-0.4, -0.2) is 6.79 Å². The first kappa shape index (κ1) is 16.7. The molecular formula is C19H20ClNO3. The lowest BCUT2D eigenvalue weighted by molar-refractivity contribution is 0.174. The van der Waals surface area contributed by atoms with Crippen molar-refractivity contribution in [1.29, 1.82) is 0 Å². The molecule has 0 unspecified atom stereocenters. The summed E-state index contributed by atoms with van der Waals surface area (Å²) in [7, 11) is 0. The fourth-order valence-corrected chi connectivity index (χ4v) is 3.01. The average molecular weight is 346 g/mol. The van der Waals surface area contributed by atoms with Gasteiger partial charge in [0.25, 0.3) is 0 Å². The topological polar surface area (TPSA) is 43.6 Å². The minimum Gasteiger partial charge on any atom is -0.461 e. The lowest BCUT2D eigenvalue weighted by atomic mass is 10.1. The summed E-state index contributed by atoms with van der Waals surface area (Å²) in [6.07, 6.45) is 0.899. The van der Waals surface area contributed by atoms with Crippen LogP contribution in [0.25, 0.3) is 11.0 Å². The zero-order chi connectivity index (χ0) is 15.6. The summed E-state index contributed by atoms with van der Waals surface area (Å²) in [5, 5.41) is 4.70. The second-order valence-corrected chi connectivity index (χ2v) is 5.64. The molecule has 0 fully saturated rings. The Kier molecular flexibility index (Phi) is 4.97. The van der Waals surface area contributed by atoms with Crippen LogP contribution >= 0.6 is 12.4 Å². The van der Waals surface area contributed by atoms with Gasteiger partial charge in [0.1, 0.15) is 11.3 Å². The van der Waals surface area contributed by atoms with Crippen molar-refractivity contribution < 1.29 is 13.9 Å². The van der Waals surface area contributed by atoms with E-state index in [9.17, 15) is 0 Å². The van der Waals surface area contributed by atoms with Crippen LogP contribution in [-0.2, 0) is 19.5 Å². The number of aryl methyl sites for hydroxylation is 1. The number of furan rings is 1. The van der Waals surface area contributed by atoms with E-state index in [1.165, 1.54) is 16.5 Å². The third-order valence-electron chi connectivity index (χ3n) is 4.17. The van der Waals surface area contributed by atoms with Crippen molar-refractivity contribution in [1.82, 2.24) is 5.32 Å². The van der Waals surface area contributed by atoms with Gasteiger partial charge in [0.2, 0.25) is 6.79 Å². The van der Waals surface area contributed by atoms with Gasteiger partial charge in [-0.2, -0.15) is 0 Å². The average Bonchev–Trinajstić information content (AvgIpc) is 3.18. The minimum absolute atomic E-state index is 0. The normalized spacial score (nSPS) is 12.4. The fraction of sp³-hybridized carbons (Fsp3) is 0.263. The molecule has 0 saturated heterocycles. The van der Waals surface area contributed by atoms with Gasteiger partial charge in [0.05, 0.1) is 0 Å². The zero-order valence-electron chi connectivity index (χ0n) is 13.5. The zero-order valence-corrected chi connectivity index (χ0v) is 14.3. The Bertz CT molecular complexity index is 844. The maximum absolute atomic E-state index is 5.94. The number of hydrogen-bond donors (Lipinski definition) is 1. The number of ether oxygens (including phenoxy) is 2. The molecule has 2 heterocycles. The predicted octanol–water partition coefficient (Wildman–Crippen LogP) is 4.44. The van der Waals surface area contributed by atoms with Gasteiger partial charge < -0.3 is 19.2 Å². The highest BCUT2D eigenvalue weighted by molar-refractivity contribution is 5.85. The summed E-state index contributed by atoms with van der Waals surface area (Å²) in [6.45, 7) is 4.00. The van der Waals surface area contributed by atoms with Crippen molar-refractivity contribution in [2.24, 2.45) is 0 Å². The molecule has 2 aromatic carbocycles. The predicted molar refractivity (Wildman–Crippen MR) is 95.9 cm³/mol. The van der Waals surface area contributed by atoms with Gasteiger partial charge in [-0.1, -0.05) is 31.2 Å². The SMILES string of the molecule is CCc1oc2ccccc2c1CNCc1ccc2c(c1)OCO2.Cl. The van der Waals surface area contributed by atoms with Crippen molar-refractivity contribution in [3.05, 3.63) is 59.4 Å². The molecule has 1 N–H and O–H groups in total. The Hall–Kier alpha value is -2.17. The molecule has 4 nitrogen and oxygen atoms in total. The molecule has 0 amide bonds. The Morgan fingerprint density at radius 3 is 2.71 bits per heavy atom. The number of benzene rings is 2. The molecule has 0 atom stereocenters. The number of rotatable bonds is 5. The number of fused-ring (bicyclic) bond motifs is 2. The number of nitrogens with one attached hydrogen (secondary N) is 1.